The molecule has 3 aromatic heterocycles. The lowest BCUT2D eigenvalue weighted by Gasteiger charge is -2.28. The number of fused-ring (bicyclic) bond motifs is 8. The number of aliphatic hydroxyl groups excluding tert-OH is 1. The van der Waals surface area contributed by atoms with Crippen LogP contribution in [0, 0.1) is 26.7 Å². The molecule has 238 valence electrons. The third-order valence-electron chi connectivity index (χ3n) is 9.69. The predicted octanol–water partition coefficient (Wildman–Crippen LogP) is 7.21. The van der Waals surface area contributed by atoms with Crippen molar-refractivity contribution in [3.05, 3.63) is 75.9 Å². The highest BCUT2D eigenvalue weighted by Gasteiger charge is 2.38. The Balaban J connectivity index is 1.76. The minimum Gasteiger partial charge on any atom is -0.394 e. The zero-order valence-electron chi connectivity index (χ0n) is 28.0. The Morgan fingerprint density at radius 1 is 1.02 bits per heavy atom. The number of carbonyl (C=O) groups is 1. The Bertz CT molecular complexity index is 1830. The topological polar surface area (TPSA) is 107 Å². The number of rotatable bonds is 9. The Hall–Kier alpha value is -4.01. The number of nitrogens with one attached hydrogen (secondary N) is 2. The van der Waals surface area contributed by atoms with Gasteiger partial charge in [0.2, 0.25) is 5.91 Å². The van der Waals surface area contributed by atoms with Gasteiger partial charge in [-0.05, 0) is 86.2 Å². The molecule has 0 aromatic carbocycles. The normalized spacial score (nSPS) is 17.1. The molecule has 0 fully saturated rings. The van der Waals surface area contributed by atoms with Gasteiger partial charge in [0.25, 0.3) is 0 Å². The Morgan fingerprint density at radius 3 is 2.40 bits per heavy atom. The highest BCUT2D eigenvalue weighted by Crippen LogP contribution is 2.44. The van der Waals surface area contributed by atoms with Gasteiger partial charge in [0.15, 0.2) is 0 Å². The first kappa shape index (κ1) is 32.4. The number of aryl methyl sites for hydroxylation is 3. The van der Waals surface area contributed by atoms with Gasteiger partial charge >= 0.3 is 0 Å². The summed E-state index contributed by atoms with van der Waals surface area (Å²) in [7, 11) is 1.81. The van der Waals surface area contributed by atoms with Gasteiger partial charge in [-0.3, -0.25) is 9.78 Å². The molecule has 1 unspecified atom stereocenters. The maximum atomic E-state index is 13.8. The van der Waals surface area contributed by atoms with Crippen LogP contribution in [0.25, 0.3) is 39.3 Å². The van der Waals surface area contributed by atoms with E-state index < -0.39 is 0 Å². The summed E-state index contributed by atoms with van der Waals surface area (Å²) in [5.74, 6) is -0.386. The van der Waals surface area contributed by atoms with Crippen LogP contribution in [-0.4, -0.2) is 69.3 Å². The summed E-state index contributed by atoms with van der Waals surface area (Å²) in [5, 5.41) is 9.03. The van der Waals surface area contributed by atoms with Gasteiger partial charge in [-0.15, -0.1) is 0 Å². The van der Waals surface area contributed by atoms with Crippen LogP contribution in [0.5, 0.6) is 0 Å². The van der Waals surface area contributed by atoms with E-state index >= 15 is 0 Å². The van der Waals surface area contributed by atoms with Gasteiger partial charge in [0, 0.05) is 64.7 Å². The molecule has 0 saturated carbocycles. The van der Waals surface area contributed by atoms with Gasteiger partial charge in [0.1, 0.15) is 0 Å². The van der Waals surface area contributed by atoms with E-state index in [4.69, 9.17) is 19.8 Å². The number of amides is 1. The van der Waals surface area contributed by atoms with Gasteiger partial charge in [0.05, 0.1) is 36.9 Å². The molecular formula is C37H47N5O3. The molecule has 2 aliphatic rings. The number of hydrogen-bond acceptors (Lipinski definition) is 5. The second-order valence-electron chi connectivity index (χ2n) is 12.5. The second-order valence-corrected chi connectivity index (χ2v) is 12.5. The number of aromatic amines is 2. The molecule has 45 heavy (non-hydrogen) atoms. The first-order valence-corrected chi connectivity index (χ1v) is 16.0. The number of nitrogens with zero attached hydrogens (tertiary/aromatic N) is 3. The highest BCUT2D eigenvalue weighted by atomic mass is 16.5. The molecule has 8 heteroatoms. The van der Waals surface area contributed by atoms with Crippen molar-refractivity contribution in [3.8, 4) is 0 Å². The molecule has 3 aromatic rings. The van der Waals surface area contributed by atoms with Crippen molar-refractivity contribution in [2.24, 2.45) is 5.92 Å². The molecule has 3 N–H and O–H groups in total. The molecule has 0 radical (unpaired) electrons. The largest absolute Gasteiger partial charge is 0.394 e. The van der Waals surface area contributed by atoms with Crippen LogP contribution in [0.4, 0.5) is 0 Å². The standard InChI is InChI=1S/C37H47N5O3/c1-10-26-22(5)31-19-34-27(11-2)21(4)30(39-34)18-32-23(6)35(25(8)37(44)42(9)12-14-45-15-13-43)36(41-32)24(7)29-16-20(3)28(38-29)17-33(26)40-31/h11,16-19,23,25,35,38-39,43H,2,10,12-15H2,1,3-9H3/t23-,25?,35+/m1/s1. The number of allylic oxidation sites excluding steroid dienone is 2. The molecule has 8 bridgehead atoms. The Morgan fingerprint density at radius 2 is 1.71 bits per heavy atom. The van der Waals surface area contributed by atoms with Crippen molar-refractivity contribution in [2.45, 2.75) is 66.7 Å². The minimum atomic E-state index is -0.314. The fraction of sp³-hybridized carbons (Fsp3) is 0.432. The van der Waals surface area contributed by atoms with Crippen molar-refractivity contribution in [2.75, 3.05) is 33.4 Å². The van der Waals surface area contributed by atoms with Gasteiger partial charge in [-0.2, -0.15) is 0 Å². The maximum Gasteiger partial charge on any atom is 0.225 e. The van der Waals surface area contributed by atoms with E-state index in [1.165, 1.54) is 11.1 Å². The third kappa shape index (κ3) is 6.01. The van der Waals surface area contributed by atoms with Crippen LogP contribution in [0.1, 0.15) is 91.0 Å². The number of carbonyl (C=O) groups excluding carboxylic acids is 1. The molecule has 0 aliphatic carbocycles. The van der Waals surface area contributed by atoms with Crippen molar-refractivity contribution < 1.29 is 14.6 Å². The zero-order valence-corrected chi connectivity index (χ0v) is 28.0. The molecular weight excluding hydrogens is 562 g/mol. The highest BCUT2D eigenvalue weighted by molar-refractivity contribution is 5.93. The summed E-state index contributed by atoms with van der Waals surface area (Å²) in [4.78, 5) is 33.2. The minimum absolute atomic E-state index is 0.00117. The van der Waals surface area contributed by atoms with Crippen molar-refractivity contribution >= 4 is 45.2 Å². The summed E-state index contributed by atoms with van der Waals surface area (Å²) in [5.41, 5.74) is 14.5. The fourth-order valence-electron chi connectivity index (χ4n) is 6.88. The van der Waals surface area contributed by atoms with E-state index in [1.807, 2.05) is 20.0 Å². The van der Waals surface area contributed by atoms with Gasteiger partial charge in [-0.25, -0.2) is 4.98 Å². The first-order valence-electron chi connectivity index (χ1n) is 16.0. The SMILES string of the molecule is C=Cc1c(C)c2cc3nc(c(C)c4cc(C)c(cc5nc(cc1[nH]2)C(C)=C5CC)[nH]4)[C@H](C(C)C(=O)N(C)CCOCCO)[C@@H]3C. The molecule has 0 saturated heterocycles. The van der Waals surface area contributed by atoms with Crippen LogP contribution in [0.2, 0.25) is 0 Å². The van der Waals surface area contributed by atoms with Crippen LogP contribution < -0.4 is 0 Å². The molecule has 5 heterocycles. The average Bonchev–Trinajstić information content (AvgIpc) is 3.72. The lowest BCUT2D eigenvalue weighted by molar-refractivity contribution is -0.135. The van der Waals surface area contributed by atoms with E-state index in [9.17, 15) is 4.79 Å². The van der Waals surface area contributed by atoms with Crippen LogP contribution >= 0.6 is 0 Å². The van der Waals surface area contributed by atoms with Crippen molar-refractivity contribution in [1.29, 1.82) is 0 Å². The van der Waals surface area contributed by atoms with Gasteiger partial charge < -0.3 is 24.7 Å². The third-order valence-corrected chi connectivity index (χ3v) is 9.69. The summed E-state index contributed by atoms with van der Waals surface area (Å²) in [6.07, 6.45) is 2.79. The molecule has 5 rings (SSSR count). The quantitative estimate of drug-likeness (QED) is 0.222. The Labute approximate surface area is 266 Å². The average molecular weight is 610 g/mol. The van der Waals surface area contributed by atoms with Gasteiger partial charge in [-0.1, -0.05) is 33.4 Å². The van der Waals surface area contributed by atoms with E-state index in [2.05, 4.69) is 82.4 Å². The zero-order chi connectivity index (χ0) is 32.6. The number of aromatic nitrogens is 4. The molecule has 0 spiro atoms. The molecule has 8 nitrogen and oxygen atoms in total. The number of aliphatic hydroxyl groups is 1. The Kier molecular flexibility index (Phi) is 9.46. The van der Waals surface area contributed by atoms with E-state index in [0.29, 0.717) is 13.2 Å². The molecule has 3 atom stereocenters. The summed E-state index contributed by atoms with van der Waals surface area (Å²) < 4.78 is 5.43. The van der Waals surface area contributed by atoms with E-state index in [-0.39, 0.29) is 36.9 Å². The molecule has 1 amide bonds. The number of likely N-dealkylation sites (N-methyl/N-ethyl adjacent to an activating group) is 1. The van der Waals surface area contributed by atoms with Crippen LogP contribution in [0.3, 0.4) is 0 Å². The van der Waals surface area contributed by atoms with Crippen LogP contribution in [-0.2, 0) is 9.53 Å². The fourth-order valence-corrected chi connectivity index (χ4v) is 6.88. The van der Waals surface area contributed by atoms with E-state index in [1.54, 1.807) is 4.90 Å². The van der Waals surface area contributed by atoms with Crippen molar-refractivity contribution in [1.82, 2.24) is 24.8 Å². The molecule has 2 aliphatic heterocycles. The number of H-pyrrole nitrogens is 2. The second kappa shape index (κ2) is 13.2. The predicted molar refractivity (Wildman–Crippen MR) is 184 cm³/mol. The van der Waals surface area contributed by atoms with E-state index in [0.717, 1.165) is 73.5 Å². The number of hydrogen-bond donors (Lipinski definition) is 3. The lowest BCUT2D eigenvalue weighted by atomic mass is 9.79. The lowest BCUT2D eigenvalue weighted by Crippen LogP contribution is -2.37. The smallest absolute Gasteiger partial charge is 0.225 e. The summed E-state index contributed by atoms with van der Waals surface area (Å²) in [6, 6.07) is 8.60. The maximum absolute atomic E-state index is 13.8. The van der Waals surface area contributed by atoms with Crippen LogP contribution in [0.15, 0.2) is 30.8 Å². The summed E-state index contributed by atoms with van der Waals surface area (Å²) >= 11 is 0. The first-order chi connectivity index (χ1) is 21.5. The number of ether oxygens (including phenoxy) is 1. The van der Waals surface area contributed by atoms with Crippen molar-refractivity contribution in [3.63, 3.8) is 0 Å². The summed E-state index contributed by atoms with van der Waals surface area (Å²) in [6.45, 7) is 20.0. The monoisotopic (exact) mass is 609 g/mol.